The Morgan fingerprint density at radius 3 is 1.70 bits per heavy atom. The van der Waals surface area contributed by atoms with Gasteiger partial charge in [0.25, 0.3) is 0 Å². The highest BCUT2D eigenvalue weighted by atomic mass is 15.1. The van der Waals surface area contributed by atoms with E-state index in [9.17, 15) is 0 Å². The van der Waals surface area contributed by atoms with Crippen LogP contribution in [0.4, 0.5) is 17.1 Å². The van der Waals surface area contributed by atoms with Crippen LogP contribution in [-0.2, 0) is 5.41 Å². The fourth-order valence-electron chi connectivity index (χ4n) is 9.58. The number of rotatable bonds is 6. The summed E-state index contributed by atoms with van der Waals surface area (Å²) in [7, 11) is 0. The molecule has 0 N–H and O–H groups in total. The number of aromatic nitrogens is 1. The van der Waals surface area contributed by atoms with E-state index in [-0.39, 0.29) is 5.41 Å². The standard InChI is InChI=1S/C55H42N2/c1-55(2)51-16-8-5-13-47(51)48-34-33-46(36-52(48)55)56(44-29-25-40(26-30-44)42-20-19-37-11-3-4-12-41(37)35-42)43-27-21-38(22-28-43)39-23-31-45(32-24-39)57-53-17-9-6-14-49(53)50-15-7-10-18-54(50)57/h3-7,9-15,17-36H,8,16H2,1-2H3. The maximum atomic E-state index is 2.44. The number of nitrogens with zero attached hydrogens (tertiary/aromatic N) is 2. The summed E-state index contributed by atoms with van der Waals surface area (Å²) in [4.78, 5) is 2.42. The van der Waals surface area contributed by atoms with Crippen LogP contribution in [0.25, 0.3) is 66.1 Å². The van der Waals surface area contributed by atoms with E-state index in [0.717, 1.165) is 29.9 Å². The monoisotopic (exact) mass is 730 g/mol. The first kappa shape index (κ1) is 33.4. The summed E-state index contributed by atoms with van der Waals surface area (Å²) >= 11 is 0. The van der Waals surface area contributed by atoms with E-state index in [1.165, 1.54) is 77.2 Å². The van der Waals surface area contributed by atoms with Crippen LogP contribution >= 0.6 is 0 Å². The molecule has 0 bridgehead atoms. The van der Waals surface area contributed by atoms with Gasteiger partial charge in [0.15, 0.2) is 0 Å². The first-order chi connectivity index (χ1) is 28.0. The lowest BCUT2D eigenvalue weighted by Gasteiger charge is -2.29. The van der Waals surface area contributed by atoms with E-state index >= 15 is 0 Å². The third kappa shape index (κ3) is 5.47. The topological polar surface area (TPSA) is 8.17 Å². The molecule has 2 aliphatic rings. The first-order valence-electron chi connectivity index (χ1n) is 20.1. The van der Waals surface area contributed by atoms with Gasteiger partial charge in [-0.05, 0) is 129 Å². The molecule has 0 aliphatic heterocycles. The van der Waals surface area contributed by atoms with Gasteiger partial charge in [-0.1, -0.05) is 147 Å². The number of para-hydroxylation sites is 2. The van der Waals surface area contributed by atoms with Crippen LogP contribution in [0.5, 0.6) is 0 Å². The molecule has 0 fully saturated rings. The van der Waals surface area contributed by atoms with Crippen molar-refractivity contribution in [1.82, 2.24) is 4.57 Å². The molecule has 2 aliphatic carbocycles. The van der Waals surface area contributed by atoms with Crippen molar-refractivity contribution in [2.45, 2.75) is 32.1 Å². The van der Waals surface area contributed by atoms with Crippen molar-refractivity contribution in [3.63, 3.8) is 0 Å². The van der Waals surface area contributed by atoms with Crippen molar-refractivity contribution in [2.75, 3.05) is 4.90 Å². The number of benzene rings is 8. The average molecular weight is 731 g/mol. The van der Waals surface area contributed by atoms with Gasteiger partial charge in [0, 0.05) is 38.9 Å². The van der Waals surface area contributed by atoms with Gasteiger partial charge < -0.3 is 9.47 Å². The van der Waals surface area contributed by atoms with Gasteiger partial charge in [-0.2, -0.15) is 0 Å². The Kier molecular flexibility index (Phi) is 7.69. The maximum Gasteiger partial charge on any atom is 0.0541 e. The van der Waals surface area contributed by atoms with Crippen molar-refractivity contribution in [2.24, 2.45) is 0 Å². The molecule has 0 spiro atoms. The van der Waals surface area contributed by atoms with Gasteiger partial charge in [0.2, 0.25) is 0 Å². The molecular formula is C55H42N2. The second-order valence-corrected chi connectivity index (χ2v) is 16.1. The summed E-state index contributed by atoms with van der Waals surface area (Å²) in [6, 6.07) is 67.0. The number of anilines is 3. The van der Waals surface area contributed by atoms with Gasteiger partial charge in [-0.15, -0.1) is 0 Å². The quantitative estimate of drug-likeness (QED) is 0.165. The van der Waals surface area contributed by atoms with Crippen molar-refractivity contribution < 1.29 is 0 Å². The molecule has 0 amide bonds. The molecule has 0 atom stereocenters. The minimum absolute atomic E-state index is 0.00764. The van der Waals surface area contributed by atoms with Gasteiger partial charge in [-0.3, -0.25) is 0 Å². The van der Waals surface area contributed by atoms with E-state index in [1.807, 2.05) is 0 Å². The van der Waals surface area contributed by atoms with Crippen molar-refractivity contribution in [3.8, 4) is 27.9 Å². The Labute approximate surface area is 334 Å². The molecule has 0 unspecified atom stereocenters. The SMILES string of the molecule is CC1(C)C2=C(C=CCC2)c2ccc(N(c3ccc(-c4ccc(-n5c6ccccc6c6ccccc65)cc4)cc3)c3ccc(-c4ccc5ccccc5c4)cc3)cc21. The minimum atomic E-state index is -0.00764. The number of hydrogen-bond acceptors (Lipinski definition) is 1. The molecule has 8 aromatic carbocycles. The molecule has 2 heteroatoms. The highest BCUT2D eigenvalue weighted by molar-refractivity contribution is 6.09. The normalized spacial score (nSPS) is 14.4. The Hall–Kier alpha value is -6.90. The molecule has 1 heterocycles. The summed E-state index contributed by atoms with van der Waals surface area (Å²) in [5.74, 6) is 0. The Balaban J connectivity index is 0.962. The van der Waals surface area contributed by atoms with E-state index < -0.39 is 0 Å². The van der Waals surface area contributed by atoms with E-state index in [2.05, 4.69) is 217 Å². The van der Waals surface area contributed by atoms with E-state index in [1.54, 1.807) is 5.57 Å². The summed E-state index contributed by atoms with van der Waals surface area (Å²) in [5.41, 5.74) is 17.7. The van der Waals surface area contributed by atoms with Crippen molar-refractivity contribution in [3.05, 3.63) is 211 Å². The average Bonchev–Trinajstić information content (AvgIpc) is 3.72. The largest absolute Gasteiger partial charge is 0.310 e. The van der Waals surface area contributed by atoms with Crippen LogP contribution in [0.3, 0.4) is 0 Å². The molecule has 1 aromatic heterocycles. The molecule has 0 saturated heterocycles. The van der Waals surface area contributed by atoms with Crippen LogP contribution in [0.1, 0.15) is 37.8 Å². The van der Waals surface area contributed by atoms with Gasteiger partial charge in [0.05, 0.1) is 11.0 Å². The van der Waals surface area contributed by atoms with Crippen molar-refractivity contribution >= 4 is 55.2 Å². The van der Waals surface area contributed by atoms with Crippen LogP contribution < -0.4 is 4.90 Å². The second-order valence-electron chi connectivity index (χ2n) is 16.1. The van der Waals surface area contributed by atoms with Crippen molar-refractivity contribution in [1.29, 1.82) is 0 Å². The van der Waals surface area contributed by atoms with Crippen LogP contribution in [0.2, 0.25) is 0 Å². The summed E-state index contributed by atoms with van der Waals surface area (Å²) in [6.07, 6.45) is 6.93. The molecule has 0 radical (unpaired) electrons. The lowest BCUT2D eigenvalue weighted by Crippen LogP contribution is -2.18. The number of fused-ring (bicyclic) bond motifs is 6. The summed E-state index contributed by atoms with van der Waals surface area (Å²) < 4.78 is 2.38. The molecule has 9 aromatic rings. The Morgan fingerprint density at radius 2 is 1.04 bits per heavy atom. The summed E-state index contributed by atoms with van der Waals surface area (Å²) in [6.45, 7) is 4.81. The number of allylic oxidation sites excluding steroid dienone is 4. The smallest absolute Gasteiger partial charge is 0.0541 e. The van der Waals surface area contributed by atoms with Crippen LogP contribution in [-0.4, -0.2) is 4.57 Å². The lowest BCUT2D eigenvalue weighted by atomic mass is 9.78. The zero-order valence-corrected chi connectivity index (χ0v) is 32.3. The third-order valence-corrected chi connectivity index (χ3v) is 12.5. The molecular weight excluding hydrogens is 689 g/mol. The molecule has 57 heavy (non-hydrogen) atoms. The summed E-state index contributed by atoms with van der Waals surface area (Å²) in [5, 5.41) is 5.08. The third-order valence-electron chi connectivity index (χ3n) is 12.5. The van der Waals surface area contributed by atoms with Crippen LogP contribution in [0, 0.1) is 0 Å². The highest BCUT2D eigenvalue weighted by Crippen LogP contribution is 2.52. The Morgan fingerprint density at radius 1 is 0.491 bits per heavy atom. The first-order valence-corrected chi connectivity index (χ1v) is 20.1. The highest BCUT2D eigenvalue weighted by Gasteiger charge is 2.37. The fourth-order valence-corrected chi connectivity index (χ4v) is 9.58. The lowest BCUT2D eigenvalue weighted by molar-refractivity contribution is 0.607. The maximum absolute atomic E-state index is 2.44. The molecule has 11 rings (SSSR count). The minimum Gasteiger partial charge on any atom is -0.310 e. The number of hydrogen-bond donors (Lipinski definition) is 0. The van der Waals surface area contributed by atoms with Gasteiger partial charge >= 0.3 is 0 Å². The predicted molar refractivity (Wildman–Crippen MR) is 242 cm³/mol. The van der Waals surface area contributed by atoms with Gasteiger partial charge in [-0.25, -0.2) is 0 Å². The zero-order valence-electron chi connectivity index (χ0n) is 32.3. The Bertz CT molecular complexity index is 3010. The van der Waals surface area contributed by atoms with Crippen LogP contribution in [0.15, 0.2) is 200 Å². The molecule has 272 valence electrons. The van der Waals surface area contributed by atoms with E-state index in [0.29, 0.717) is 0 Å². The van der Waals surface area contributed by atoms with E-state index in [4.69, 9.17) is 0 Å². The van der Waals surface area contributed by atoms with Gasteiger partial charge in [0.1, 0.15) is 0 Å². The molecule has 2 nitrogen and oxygen atoms in total. The molecule has 0 saturated carbocycles. The zero-order chi connectivity index (χ0) is 38.1. The second kappa shape index (κ2) is 13.1. The fraction of sp³-hybridized carbons (Fsp3) is 0.0909. The predicted octanol–water partition coefficient (Wildman–Crippen LogP) is 15.1.